The number of rotatable bonds is 5. The van der Waals surface area contributed by atoms with Crippen LogP contribution in [0, 0.1) is 5.92 Å². The molecule has 1 rings (SSSR count). The van der Waals surface area contributed by atoms with Crippen molar-refractivity contribution in [1.29, 1.82) is 0 Å². The highest BCUT2D eigenvalue weighted by molar-refractivity contribution is 5.51. The molecule has 0 aromatic carbocycles. The average molecular weight is 263 g/mol. The number of anilines is 1. The molecule has 1 aromatic heterocycles. The molecule has 0 radical (unpaired) electrons. The molecule has 0 saturated carbocycles. The van der Waals surface area contributed by atoms with Crippen LogP contribution in [0.25, 0.3) is 0 Å². The van der Waals surface area contributed by atoms with Crippen molar-refractivity contribution in [3.63, 3.8) is 0 Å². The molecule has 108 valence electrons. The van der Waals surface area contributed by atoms with Gasteiger partial charge < -0.3 is 10.2 Å². The predicted molar refractivity (Wildman–Crippen MR) is 83.5 cm³/mol. The third kappa shape index (κ3) is 4.83. The van der Waals surface area contributed by atoms with Crippen LogP contribution < -0.4 is 10.2 Å². The first-order valence-electron chi connectivity index (χ1n) is 7.13. The number of hydrogen-bond donors (Lipinski definition) is 1. The van der Waals surface area contributed by atoms with Crippen molar-refractivity contribution >= 4 is 5.69 Å². The summed E-state index contributed by atoms with van der Waals surface area (Å²) in [7, 11) is 2.16. The fourth-order valence-corrected chi connectivity index (χ4v) is 1.91. The van der Waals surface area contributed by atoms with Gasteiger partial charge in [0.25, 0.3) is 0 Å². The second-order valence-electron chi connectivity index (χ2n) is 6.70. The first-order valence-corrected chi connectivity index (χ1v) is 7.13. The minimum absolute atomic E-state index is 0.128. The van der Waals surface area contributed by atoms with E-state index in [-0.39, 0.29) is 5.54 Å². The second-order valence-corrected chi connectivity index (χ2v) is 6.70. The summed E-state index contributed by atoms with van der Waals surface area (Å²) in [5.41, 5.74) is 2.66. The smallest absolute Gasteiger partial charge is 0.0598 e. The van der Waals surface area contributed by atoms with Gasteiger partial charge in [0.05, 0.1) is 11.9 Å². The van der Waals surface area contributed by atoms with E-state index in [1.54, 1.807) is 0 Å². The Morgan fingerprint density at radius 3 is 2.42 bits per heavy atom. The Morgan fingerprint density at radius 2 is 1.89 bits per heavy atom. The molecule has 0 aliphatic heterocycles. The summed E-state index contributed by atoms with van der Waals surface area (Å²) in [6.45, 7) is 14.2. The van der Waals surface area contributed by atoms with Crippen molar-refractivity contribution in [2.24, 2.45) is 5.92 Å². The monoisotopic (exact) mass is 263 g/mol. The van der Waals surface area contributed by atoms with E-state index in [4.69, 9.17) is 0 Å². The summed E-state index contributed by atoms with van der Waals surface area (Å²) in [5.74, 6) is 0.619. The minimum atomic E-state index is 0.128. The molecular formula is C16H29N3. The molecule has 0 bridgehead atoms. The van der Waals surface area contributed by atoms with Crippen LogP contribution in [-0.4, -0.2) is 23.6 Å². The Morgan fingerprint density at radius 1 is 1.26 bits per heavy atom. The van der Waals surface area contributed by atoms with Gasteiger partial charge in [-0.3, -0.25) is 4.98 Å². The largest absolute Gasteiger partial charge is 0.370 e. The van der Waals surface area contributed by atoms with E-state index in [9.17, 15) is 0 Å². The SMILES string of the molecule is CC(C)C(C)N(C)c1cnccc1CNC(C)(C)C. The van der Waals surface area contributed by atoms with Crippen LogP contribution in [0.4, 0.5) is 5.69 Å². The van der Waals surface area contributed by atoms with Crippen molar-refractivity contribution < 1.29 is 0 Å². The Bertz CT molecular complexity index is 393. The Hall–Kier alpha value is -1.09. The van der Waals surface area contributed by atoms with E-state index < -0.39 is 0 Å². The predicted octanol–water partition coefficient (Wildman–Crippen LogP) is 3.45. The van der Waals surface area contributed by atoms with E-state index in [1.807, 2.05) is 12.4 Å². The molecule has 0 amide bonds. The second kappa shape index (κ2) is 6.38. The van der Waals surface area contributed by atoms with Gasteiger partial charge >= 0.3 is 0 Å². The molecule has 1 N–H and O–H groups in total. The molecule has 0 saturated heterocycles. The standard InChI is InChI=1S/C16H29N3/c1-12(2)13(3)19(7)15-11-17-9-8-14(15)10-18-16(4,5)6/h8-9,11-13,18H,10H2,1-7H3. The van der Waals surface area contributed by atoms with Gasteiger partial charge in [-0.1, -0.05) is 13.8 Å². The highest BCUT2D eigenvalue weighted by atomic mass is 15.1. The van der Waals surface area contributed by atoms with Gasteiger partial charge in [0, 0.05) is 31.4 Å². The summed E-state index contributed by atoms with van der Waals surface area (Å²) in [6, 6.07) is 2.61. The van der Waals surface area contributed by atoms with E-state index >= 15 is 0 Å². The summed E-state index contributed by atoms with van der Waals surface area (Å²) in [5, 5.41) is 3.55. The van der Waals surface area contributed by atoms with E-state index in [0.29, 0.717) is 12.0 Å². The van der Waals surface area contributed by atoms with E-state index in [0.717, 1.165) is 6.54 Å². The van der Waals surface area contributed by atoms with Gasteiger partial charge in [0.2, 0.25) is 0 Å². The number of nitrogens with one attached hydrogen (secondary N) is 1. The molecule has 1 heterocycles. The first-order chi connectivity index (χ1) is 8.72. The summed E-state index contributed by atoms with van der Waals surface area (Å²) < 4.78 is 0. The topological polar surface area (TPSA) is 28.2 Å². The molecular weight excluding hydrogens is 234 g/mol. The van der Waals surface area contributed by atoms with Crippen molar-refractivity contribution in [3.8, 4) is 0 Å². The van der Waals surface area contributed by atoms with Crippen molar-refractivity contribution in [1.82, 2.24) is 10.3 Å². The Labute approximate surface area is 118 Å². The van der Waals surface area contributed by atoms with Gasteiger partial charge in [0.1, 0.15) is 0 Å². The molecule has 1 unspecified atom stereocenters. The number of aromatic nitrogens is 1. The lowest BCUT2D eigenvalue weighted by molar-refractivity contribution is 0.423. The minimum Gasteiger partial charge on any atom is -0.370 e. The lowest BCUT2D eigenvalue weighted by Crippen LogP contribution is -2.37. The zero-order valence-corrected chi connectivity index (χ0v) is 13.5. The lowest BCUT2D eigenvalue weighted by Gasteiger charge is -2.32. The maximum absolute atomic E-state index is 4.28. The molecule has 1 aromatic rings. The van der Waals surface area contributed by atoms with Crippen LogP contribution in [0.2, 0.25) is 0 Å². The number of hydrogen-bond acceptors (Lipinski definition) is 3. The quantitative estimate of drug-likeness (QED) is 0.882. The number of pyridine rings is 1. The molecule has 19 heavy (non-hydrogen) atoms. The van der Waals surface area contributed by atoms with Crippen LogP contribution in [0.3, 0.4) is 0 Å². The third-order valence-corrected chi connectivity index (χ3v) is 3.65. The normalized spacial score (nSPS) is 13.7. The summed E-state index contributed by atoms with van der Waals surface area (Å²) in [4.78, 5) is 6.61. The first kappa shape index (κ1) is 16.0. The maximum Gasteiger partial charge on any atom is 0.0598 e. The zero-order valence-electron chi connectivity index (χ0n) is 13.5. The van der Waals surface area contributed by atoms with Gasteiger partial charge in [0.15, 0.2) is 0 Å². The number of nitrogens with zero attached hydrogens (tertiary/aromatic N) is 2. The zero-order chi connectivity index (χ0) is 14.6. The summed E-state index contributed by atoms with van der Waals surface area (Å²) in [6.07, 6.45) is 3.84. The molecule has 1 atom stereocenters. The van der Waals surface area contributed by atoms with Crippen molar-refractivity contribution in [2.45, 2.75) is 59.7 Å². The fourth-order valence-electron chi connectivity index (χ4n) is 1.91. The van der Waals surface area contributed by atoms with Crippen molar-refractivity contribution in [3.05, 3.63) is 24.0 Å². The molecule has 0 aliphatic carbocycles. The van der Waals surface area contributed by atoms with Gasteiger partial charge in [-0.2, -0.15) is 0 Å². The molecule has 3 heteroatoms. The van der Waals surface area contributed by atoms with Crippen LogP contribution >= 0.6 is 0 Å². The van der Waals surface area contributed by atoms with Crippen LogP contribution in [-0.2, 0) is 6.54 Å². The molecule has 0 fully saturated rings. The van der Waals surface area contributed by atoms with Crippen molar-refractivity contribution in [2.75, 3.05) is 11.9 Å². The third-order valence-electron chi connectivity index (χ3n) is 3.65. The highest BCUT2D eigenvalue weighted by Gasteiger charge is 2.17. The van der Waals surface area contributed by atoms with E-state index in [2.05, 4.69) is 69.9 Å². The molecule has 0 spiro atoms. The maximum atomic E-state index is 4.28. The van der Waals surface area contributed by atoms with Crippen LogP contribution in [0.5, 0.6) is 0 Å². The Kier molecular flexibility index (Phi) is 5.36. The fraction of sp³-hybridized carbons (Fsp3) is 0.688. The van der Waals surface area contributed by atoms with Crippen LogP contribution in [0.1, 0.15) is 47.1 Å². The molecule has 0 aliphatic rings. The highest BCUT2D eigenvalue weighted by Crippen LogP contribution is 2.23. The average Bonchev–Trinajstić information content (AvgIpc) is 2.34. The Balaban J connectivity index is 2.89. The van der Waals surface area contributed by atoms with Gasteiger partial charge in [-0.25, -0.2) is 0 Å². The molecule has 3 nitrogen and oxygen atoms in total. The van der Waals surface area contributed by atoms with Gasteiger partial charge in [-0.15, -0.1) is 0 Å². The van der Waals surface area contributed by atoms with E-state index in [1.165, 1.54) is 11.3 Å². The summed E-state index contributed by atoms with van der Waals surface area (Å²) >= 11 is 0. The lowest BCUT2D eigenvalue weighted by atomic mass is 10.0. The van der Waals surface area contributed by atoms with Crippen LogP contribution in [0.15, 0.2) is 18.5 Å². The van der Waals surface area contributed by atoms with Gasteiger partial charge in [-0.05, 0) is 45.2 Å².